The van der Waals surface area contributed by atoms with Crippen molar-refractivity contribution in [2.75, 3.05) is 43.9 Å². The van der Waals surface area contributed by atoms with E-state index < -0.39 is 0 Å². The third kappa shape index (κ3) is 4.68. The Morgan fingerprint density at radius 2 is 1.93 bits per heavy atom. The molecule has 29 heavy (non-hydrogen) atoms. The maximum Gasteiger partial charge on any atom is 0.277 e. The highest BCUT2D eigenvalue weighted by molar-refractivity contribution is 7.99. The van der Waals surface area contributed by atoms with Gasteiger partial charge in [0.15, 0.2) is 0 Å². The summed E-state index contributed by atoms with van der Waals surface area (Å²) in [5.74, 6) is 1.59. The highest BCUT2D eigenvalue weighted by Crippen LogP contribution is 2.24. The average Bonchev–Trinajstić information content (AvgIpc) is 3.27. The molecule has 0 aliphatic carbocycles. The van der Waals surface area contributed by atoms with Gasteiger partial charge in [-0.05, 0) is 36.4 Å². The highest BCUT2D eigenvalue weighted by atomic mass is 32.2. The molecule has 9 heteroatoms. The fourth-order valence-electron chi connectivity index (χ4n) is 3.10. The van der Waals surface area contributed by atoms with E-state index in [1.807, 2.05) is 41.3 Å². The first-order valence-electron chi connectivity index (χ1n) is 9.26. The van der Waals surface area contributed by atoms with E-state index >= 15 is 0 Å². The van der Waals surface area contributed by atoms with Gasteiger partial charge in [0.1, 0.15) is 5.75 Å². The summed E-state index contributed by atoms with van der Waals surface area (Å²) in [6, 6.07) is 11.6. The van der Waals surface area contributed by atoms with Crippen LogP contribution in [-0.2, 0) is 4.79 Å². The Kier molecular flexibility index (Phi) is 5.95. The minimum Gasteiger partial charge on any atom is -0.497 e. The fraction of sp³-hybridized carbons (Fsp3) is 0.300. The largest absolute Gasteiger partial charge is 0.497 e. The van der Waals surface area contributed by atoms with Crippen LogP contribution in [-0.4, -0.2) is 65.0 Å². The van der Waals surface area contributed by atoms with Gasteiger partial charge in [-0.3, -0.25) is 9.78 Å². The summed E-state index contributed by atoms with van der Waals surface area (Å²) in [4.78, 5) is 20.7. The van der Waals surface area contributed by atoms with Crippen LogP contribution in [0.2, 0.25) is 0 Å². The Morgan fingerprint density at radius 3 is 2.62 bits per heavy atom. The van der Waals surface area contributed by atoms with Gasteiger partial charge in [-0.25, -0.2) is 0 Å². The number of amides is 1. The molecule has 1 fully saturated rings. The molecule has 1 aliphatic heterocycles. The number of carbonyl (C=O) groups excluding carboxylic acids is 1. The van der Waals surface area contributed by atoms with Crippen molar-refractivity contribution in [3.8, 4) is 17.2 Å². The van der Waals surface area contributed by atoms with E-state index in [0.717, 1.165) is 30.1 Å². The van der Waals surface area contributed by atoms with Crippen LogP contribution in [0.4, 0.5) is 5.69 Å². The van der Waals surface area contributed by atoms with Gasteiger partial charge in [0, 0.05) is 44.3 Å². The normalized spacial score (nSPS) is 14.1. The third-order valence-corrected chi connectivity index (χ3v) is 5.51. The van der Waals surface area contributed by atoms with Crippen LogP contribution >= 0.6 is 11.8 Å². The number of carbonyl (C=O) groups is 1. The molecule has 0 atom stereocenters. The Balaban J connectivity index is 1.26. The van der Waals surface area contributed by atoms with Gasteiger partial charge in [0.2, 0.25) is 11.8 Å². The number of thioether (sulfide) groups is 1. The number of aromatic nitrogens is 3. The summed E-state index contributed by atoms with van der Waals surface area (Å²) in [7, 11) is 1.66. The Bertz CT molecular complexity index is 940. The number of methoxy groups -OCH3 is 1. The van der Waals surface area contributed by atoms with Crippen LogP contribution in [0.15, 0.2) is 58.4 Å². The van der Waals surface area contributed by atoms with Crippen molar-refractivity contribution >= 4 is 23.4 Å². The van der Waals surface area contributed by atoms with Gasteiger partial charge in [0.25, 0.3) is 5.22 Å². The van der Waals surface area contributed by atoms with Crippen LogP contribution in [0.1, 0.15) is 0 Å². The van der Waals surface area contributed by atoms with Crippen LogP contribution in [0, 0.1) is 0 Å². The van der Waals surface area contributed by atoms with Crippen LogP contribution in [0.5, 0.6) is 5.75 Å². The molecule has 3 heterocycles. The second-order valence-electron chi connectivity index (χ2n) is 6.47. The molecule has 150 valence electrons. The molecule has 0 radical (unpaired) electrons. The van der Waals surface area contributed by atoms with Crippen molar-refractivity contribution in [1.29, 1.82) is 0 Å². The van der Waals surface area contributed by atoms with E-state index in [1.54, 1.807) is 19.5 Å². The number of rotatable bonds is 6. The molecular formula is C20H21N5O3S. The standard InChI is InChI=1S/C20H21N5O3S/c1-27-17-6-4-16(5-7-17)24-9-11-25(12-10-24)18(26)14-29-20-23-22-19(28-20)15-3-2-8-21-13-15/h2-8,13H,9-12,14H2,1H3. The summed E-state index contributed by atoms with van der Waals surface area (Å²) in [6.45, 7) is 2.98. The first kappa shape index (κ1) is 19.3. The van der Waals surface area contributed by atoms with E-state index in [0.29, 0.717) is 24.2 Å². The quantitative estimate of drug-likeness (QED) is 0.572. The minimum absolute atomic E-state index is 0.0745. The summed E-state index contributed by atoms with van der Waals surface area (Å²) in [5.41, 5.74) is 1.90. The molecular weight excluding hydrogens is 390 g/mol. The van der Waals surface area contributed by atoms with E-state index in [4.69, 9.17) is 9.15 Å². The maximum absolute atomic E-state index is 12.5. The molecule has 1 aliphatic rings. The summed E-state index contributed by atoms with van der Waals surface area (Å²) >= 11 is 1.26. The van der Waals surface area contributed by atoms with Crippen molar-refractivity contribution in [3.05, 3.63) is 48.8 Å². The maximum atomic E-state index is 12.5. The average molecular weight is 411 g/mol. The molecule has 4 rings (SSSR count). The number of piperazine rings is 1. The van der Waals surface area contributed by atoms with Gasteiger partial charge in [0.05, 0.1) is 18.4 Å². The molecule has 0 bridgehead atoms. The van der Waals surface area contributed by atoms with Crippen molar-refractivity contribution in [1.82, 2.24) is 20.1 Å². The number of hydrogen-bond donors (Lipinski definition) is 0. The zero-order valence-corrected chi connectivity index (χ0v) is 16.8. The fourth-order valence-corrected chi connectivity index (χ4v) is 3.76. The SMILES string of the molecule is COc1ccc(N2CCN(C(=O)CSc3nnc(-c4cccnc4)o3)CC2)cc1. The number of pyridine rings is 1. The molecule has 0 N–H and O–H groups in total. The van der Waals surface area contributed by atoms with Crippen LogP contribution < -0.4 is 9.64 Å². The summed E-state index contributed by atoms with van der Waals surface area (Å²) in [6.07, 6.45) is 3.35. The number of anilines is 1. The molecule has 2 aromatic heterocycles. The van der Waals surface area contributed by atoms with E-state index in [9.17, 15) is 4.79 Å². The van der Waals surface area contributed by atoms with E-state index in [2.05, 4.69) is 20.1 Å². The van der Waals surface area contributed by atoms with E-state index in [1.165, 1.54) is 11.8 Å². The lowest BCUT2D eigenvalue weighted by atomic mass is 10.2. The van der Waals surface area contributed by atoms with Crippen LogP contribution in [0.25, 0.3) is 11.5 Å². The first-order chi connectivity index (χ1) is 14.2. The number of nitrogens with zero attached hydrogens (tertiary/aromatic N) is 5. The van der Waals surface area contributed by atoms with E-state index in [-0.39, 0.29) is 11.7 Å². The zero-order chi connectivity index (χ0) is 20.1. The molecule has 1 aromatic carbocycles. The Hall–Kier alpha value is -3.07. The minimum atomic E-state index is 0.0745. The van der Waals surface area contributed by atoms with Crippen molar-refractivity contribution in [2.45, 2.75) is 5.22 Å². The predicted molar refractivity (Wildman–Crippen MR) is 110 cm³/mol. The second kappa shape index (κ2) is 8.95. The molecule has 0 saturated carbocycles. The second-order valence-corrected chi connectivity index (χ2v) is 7.40. The molecule has 3 aromatic rings. The third-order valence-electron chi connectivity index (χ3n) is 4.70. The summed E-state index contributed by atoms with van der Waals surface area (Å²) in [5, 5.41) is 8.40. The lowest BCUT2D eigenvalue weighted by Crippen LogP contribution is -2.49. The van der Waals surface area contributed by atoms with Crippen molar-refractivity contribution in [2.24, 2.45) is 0 Å². The molecule has 0 spiro atoms. The molecule has 1 amide bonds. The molecule has 1 saturated heterocycles. The smallest absolute Gasteiger partial charge is 0.277 e. The Labute approximate surface area is 172 Å². The lowest BCUT2D eigenvalue weighted by molar-refractivity contribution is -0.128. The Morgan fingerprint density at radius 1 is 1.14 bits per heavy atom. The molecule has 8 nitrogen and oxygen atoms in total. The number of hydrogen-bond acceptors (Lipinski definition) is 8. The van der Waals surface area contributed by atoms with Gasteiger partial charge in [-0.1, -0.05) is 11.8 Å². The van der Waals surface area contributed by atoms with Gasteiger partial charge in [-0.2, -0.15) is 0 Å². The van der Waals surface area contributed by atoms with Gasteiger partial charge >= 0.3 is 0 Å². The summed E-state index contributed by atoms with van der Waals surface area (Å²) < 4.78 is 10.8. The van der Waals surface area contributed by atoms with Crippen molar-refractivity contribution < 1.29 is 13.9 Å². The van der Waals surface area contributed by atoms with Gasteiger partial charge < -0.3 is 19.0 Å². The monoisotopic (exact) mass is 411 g/mol. The first-order valence-corrected chi connectivity index (χ1v) is 10.2. The zero-order valence-electron chi connectivity index (χ0n) is 16.0. The van der Waals surface area contributed by atoms with Gasteiger partial charge in [-0.15, -0.1) is 10.2 Å². The topological polar surface area (TPSA) is 84.6 Å². The number of benzene rings is 1. The molecule has 0 unspecified atom stereocenters. The van der Waals surface area contributed by atoms with Crippen LogP contribution in [0.3, 0.4) is 0 Å². The highest BCUT2D eigenvalue weighted by Gasteiger charge is 2.22. The predicted octanol–water partition coefficient (Wildman–Crippen LogP) is 2.58. The van der Waals surface area contributed by atoms with Crippen molar-refractivity contribution in [3.63, 3.8) is 0 Å². The number of ether oxygens (including phenoxy) is 1. The lowest BCUT2D eigenvalue weighted by Gasteiger charge is -2.36.